The second-order valence-corrected chi connectivity index (χ2v) is 11.5. The first kappa shape index (κ1) is 32.1. The molecule has 0 aliphatic carbocycles. The summed E-state index contributed by atoms with van der Waals surface area (Å²) in [6, 6.07) is 14.8. The van der Waals surface area contributed by atoms with E-state index in [1.165, 1.54) is 17.3 Å². The number of carbonyl (C=O) groups excluding carboxylic acids is 1. The zero-order valence-corrected chi connectivity index (χ0v) is 25.6. The fourth-order valence-corrected chi connectivity index (χ4v) is 5.95. The van der Waals surface area contributed by atoms with Crippen molar-refractivity contribution in [1.82, 2.24) is 20.0 Å². The minimum Gasteiger partial charge on any atom is -0.378 e. The zero-order valence-electron chi connectivity index (χ0n) is 25.6. The second-order valence-electron chi connectivity index (χ2n) is 11.5. The lowest BCUT2D eigenvalue weighted by molar-refractivity contribution is -0.116. The highest BCUT2D eigenvalue weighted by Crippen LogP contribution is 2.33. The Labute approximate surface area is 251 Å². The number of amides is 1. The van der Waals surface area contributed by atoms with E-state index >= 15 is 0 Å². The first-order valence-corrected chi connectivity index (χ1v) is 15.1. The Hall–Kier alpha value is -2.82. The Morgan fingerprint density at radius 1 is 1.02 bits per heavy atom. The molecule has 42 heavy (non-hydrogen) atoms. The van der Waals surface area contributed by atoms with Crippen LogP contribution in [0.25, 0.3) is 0 Å². The molecule has 9 heteroatoms. The maximum Gasteiger partial charge on any atom is 0.243 e. The van der Waals surface area contributed by atoms with Crippen LogP contribution in [0.15, 0.2) is 55.1 Å². The fourth-order valence-electron chi connectivity index (χ4n) is 5.95. The number of hydrogen-bond donors (Lipinski definition) is 1. The molecule has 0 aromatic heterocycles. The van der Waals surface area contributed by atoms with Crippen LogP contribution in [0, 0.1) is 12.7 Å². The van der Waals surface area contributed by atoms with Crippen molar-refractivity contribution in [2.24, 2.45) is 0 Å². The van der Waals surface area contributed by atoms with E-state index in [9.17, 15) is 9.18 Å². The Morgan fingerprint density at radius 2 is 1.76 bits per heavy atom. The van der Waals surface area contributed by atoms with Crippen LogP contribution in [0.2, 0.25) is 0 Å². The largest absolute Gasteiger partial charge is 0.378 e. The number of anilines is 1. The molecule has 0 saturated carbocycles. The summed E-state index contributed by atoms with van der Waals surface area (Å²) in [5.41, 5.74) is 4.47. The van der Waals surface area contributed by atoms with Gasteiger partial charge in [0.15, 0.2) is 0 Å². The first-order chi connectivity index (χ1) is 20.4. The lowest BCUT2D eigenvalue weighted by Gasteiger charge is -2.36. The van der Waals surface area contributed by atoms with Gasteiger partial charge >= 0.3 is 0 Å². The molecule has 8 nitrogen and oxygen atoms in total. The summed E-state index contributed by atoms with van der Waals surface area (Å²) in [4.78, 5) is 20.8. The second kappa shape index (κ2) is 16.1. The number of likely N-dealkylation sites (N-methyl/N-ethyl adjacent to an activating group) is 1. The molecule has 2 fully saturated rings. The molecule has 2 saturated heterocycles. The van der Waals surface area contributed by atoms with Crippen LogP contribution in [0.3, 0.4) is 0 Å². The van der Waals surface area contributed by atoms with E-state index in [1.54, 1.807) is 12.1 Å². The number of rotatable bonds is 15. The summed E-state index contributed by atoms with van der Waals surface area (Å²) in [5.74, 6) is 0.0824. The van der Waals surface area contributed by atoms with Crippen molar-refractivity contribution in [2.75, 3.05) is 97.8 Å². The van der Waals surface area contributed by atoms with Gasteiger partial charge in [-0.2, -0.15) is 0 Å². The number of hydrogen-bond acceptors (Lipinski definition) is 7. The Balaban J connectivity index is 1.21. The van der Waals surface area contributed by atoms with Crippen LogP contribution in [0.1, 0.15) is 22.6 Å². The number of aryl methyl sites for hydroxylation is 1. The van der Waals surface area contributed by atoms with Gasteiger partial charge in [-0.25, -0.2) is 4.39 Å². The van der Waals surface area contributed by atoms with Crippen LogP contribution in [0.5, 0.6) is 0 Å². The molecule has 2 heterocycles. The first-order valence-electron chi connectivity index (χ1n) is 15.1. The van der Waals surface area contributed by atoms with Gasteiger partial charge in [-0.3, -0.25) is 14.6 Å². The quantitative estimate of drug-likeness (QED) is 0.256. The lowest BCUT2D eigenvalue weighted by atomic mass is 9.93. The summed E-state index contributed by atoms with van der Waals surface area (Å²) in [5, 5.41) is 2.68. The average Bonchev–Trinajstić information content (AvgIpc) is 3.43. The normalized spacial score (nSPS) is 19.9. The van der Waals surface area contributed by atoms with E-state index in [1.807, 2.05) is 13.0 Å². The molecule has 2 aromatic rings. The number of nitrogens with one attached hydrogen (secondary N) is 1. The Kier molecular flexibility index (Phi) is 12.3. The minimum atomic E-state index is -0.186. The molecule has 230 valence electrons. The van der Waals surface area contributed by atoms with Gasteiger partial charge < -0.3 is 24.6 Å². The molecule has 2 aliphatic rings. The van der Waals surface area contributed by atoms with Crippen molar-refractivity contribution in [3.8, 4) is 0 Å². The number of benzene rings is 2. The monoisotopic (exact) mass is 581 g/mol. The van der Waals surface area contributed by atoms with Gasteiger partial charge in [-0.1, -0.05) is 30.8 Å². The molecule has 4 rings (SSSR count). The summed E-state index contributed by atoms with van der Waals surface area (Å²) in [6.45, 7) is 15.5. The highest BCUT2D eigenvalue weighted by atomic mass is 19.1. The van der Waals surface area contributed by atoms with E-state index in [-0.39, 0.29) is 11.7 Å². The number of halogens is 1. The lowest BCUT2D eigenvalue weighted by Crippen LogP contribution is -2.47. The van der Waals surface area contributed by atoms with Crippen molar-refractivity contribution in [2.45, 2.75) is 25.4 Å². The maximum absolute atomic E-state index is 14.6. The third-order valence-electron chi connectivity index (χ3n) is 8.45. The zero-order chi connectivity index (χ0) is 29.9. The summed E-state index contributed by atoms with van der Waals surface area (Å²) in [6.07, 6.45) is 1.25. The van der Waals surface area contributed by atoms with Gasteiger partial charge in [-0.15, -0.1) is 0 Å². The number of ether oxygens (including phenoxy) is 2. The summed E-state index contributed by atoms with van der Waals surface area (Å²) < 4.78 is 25.8. The van der Waals surface area contributed by atoms with Gasteiger partial charge in [0.05, 0.1) is 26.4 Å². The van der Waals surface area contributed by atoms with Gasteiger partial charge in [0, 0.05) is 82.1 Å². The van der Waals surface area contributed by atoms with E-state index < -0.39 is 0 Å². The summed E-state index contributed by atoms with van der Waals surface area (Å²) in [7, 11) is 4.31. The van der Waals surface area contributed by atoms with Crippen LogP contribution in [0.4, 0.5) is 10.1 Å². The van der Waals surface area contributed by atoms with Crippen molar-refractivity contribution in [3.05, 3.63) is 77.6 Å². The molecule has 1 amide bonds. The molecule has 2 aromatic carbocycles. The molecule has 0 bridgehead atoms. The van der Waals surface area contributed by atoms with Crippen molar-refractivity contribution < 1.29 is 18.7 Å². The molecular formula is C33H48FN5O3. The van der Waals surface area contributed by atoms with E-state index in [2.05, 4.69) is 69.9 Å². The third kappa shape index (κ3) is 9.09. The SMILES string of the molecule is C=CC(=O)NCCOCCOCCN1CCN(c2cccc([C@H]3CN(Cc4c(C)cccc4F)C[C@@H]3N(C)C)c2)CC1. The predicted molar refractivity (Wildman–Crippen MR) is 167 cm³/mol. The molecule has 2 aliphatic heterocycles. The van der Waals surface area contributed by atoms with Crippen LogP contribution >= 0.6 is 0 Å². The van der Waals surface area contributed by atoms with Crippen LogP contribution in [-0.2, 0) is 20.8 Å². The van der Waals surface area contributed by atoms with Crippen molar-refractivity contribution in [1.29, 1.82) is 0 Å². The number of likely N-dealkylation sites (tertiary alicyclic amines) is 1. The van der Waals surface area contributed by atoms with Gasteiger partial charge in [0.1, 0.15) is 5.82 Å². The van der Waals surface area contributed by atoms with Crippen LogP contribution < -0.4 is 10.2 Å². The van der Waals surface area contributed by atoms with Gasteiger partial charge in [-0.05, 0) is 56.4 Å². The Morgan fingerprint density at radius 3 is 2.48 bits per heavy atom. The van der Waals surface area contributed by atoms with Crippen molar-refractivity contribution >= 4 is 11.6 Å². The minimum absolute atomic E-state index is 0.107. The van der Waals surface area contributed by atoms with E-state index in [4.69, 9.17) is 9.47 Å². The smallest absolute Gasteiger partial charge is 0.243 e. The number of piperazine rings is 1. The molecule has 0 radical (unpaired) electrons. The predicted octanol–water partition coefficient (Wildman–Crippen LogP) is 3.12. The highest BCUT2D eigenvalue weighted by Gasteiger charge is 2.35. The topological polar surface area (TPSA) is 60.5 Å². The molecular weight excluding hydrogens is 533 g/mol. The number of carbonyl (C=O) groups is 1. The molecule has 2 atom stereocenters. The summed E-state index contributed by atoms with van der Waals surface area (Å²) >= 11 is 0. The van der Waals surface area contributed by atoms with E-state index in [0.29, 0.717) is 51.5 Å². The molecule has 1 N–H and O–H groups in total. The van der Waals surface area contributed by atoms with Crippen LogP contribution in [-0.4, -0.2) is 120 Å². The molecule has 0 spiro atoms. The molecule has 0 unspecified atom stereocenters. The Bertz CT molecular complexity index is 1130. The third-order valence-corrected chi connectivity index (χ3v) is 8.45. The van der Waals surface area contributed by atoms with Gasteiger partial charge in [0.25, 0.3) is 0 Å². The maximum atomic E-state index is 14.6. The standard InChI is InChI=1S/C33H48FN5O3/c1-5-33(40)35-12-18-41-20-21-42-19-17-37-13-15-39(16-14-37)28-10-7-9-27(22-28)30-24-38(25-32(30)36(3)4)23-29-26(2)8-6-11-31(29)34/h5-11,22,30,32H,1,12-21,23-25H2,2-4H3,(H,35,40)/t30-,32+/m1/s1. The fraction of sp³-hybridized carbons (Fsp3) is 0.545. The highest BCUT2D eigenvalue weighted by molar-refractivity contribution is 5.86. The van der Waals surface area contributed by atoms with Crippen molar-refractivity contribution in [3.63, 3.8) is 0 Å². The number of nitrogens with zero attached hydrogens (tertiary/aromatic N) is 4. The average molecular weight is 582 g/mol. The van der Waals surface area contributed by atoms with Gasteiger partial charge in [0.2, 0.25) is 5.91 Å². The van der Waals surface area contributed by atoms with E-state index in [0.717, 1.165) is 56.9 Å².